The number of oxime groups is 1. The van der Waals surface area contributed by atoms with Crippen LogP contribution in [-0.4, -0.2) is 90.9 Å². The lowest BCUT2D eigenvalue weighted by molar-refractivity contribution is -0.661. The fraction of sp³-hybridized carbons (Fsp3) is 0.323. The molecule has 0 saturated carbocycles. The number of aliphatic carboxylic acids is 1. The number of hydrazine groups is 1. The summed E-state index contributed by atoms with van der Waals surface area (Å²) in [4.78, 5) is 61.4. The number of β-lactam (4-membered cyclic amide) rings is 1. The predicted molar refractivity (Wildman–Crippen MR) is 182 cm³/mol. The molecule has 4 aromatic rings. The summed E-state index contributed by atoms with van der Waals surface area (Å²) >= 11 is 8.44. The van der Waals surface area contributed by atoms with Crippen LogP contribution in [0.3, 0.4) is 0 Å². The summed E-state index contributed by atoms with van der Waals surface area (Å²) in [6, 6.07) is 8.36. The number of hydrogen-bond acceptors (Lipinski definition) is 12. The molecule has 2 fully saturated rings. The summed E-state index contributed by atoms with van der Waals surface area (Å²) < 4.78 is 5.89. The zero-order chi connectivity index (χ0) is 35.1. The maximum Gasteiger partial charge on any atom is 0.307 e. The molecule has 0 unspecified atom stereocenters. The Kier molecular flexibility index (Phi) is 9.25. The van der Waals surface area contributed by atoms with E-state index in [0.717, 1.165) is 53.4 Å². The van der Waals surface area contributed by atoms with E-state index in [4.69, 9.17) is 22.2 Å². The molecule has 50 heavy (non-hydrogen) atoms. The Labute approximate surface area is 298 Å². The summed E-state index contributed by atoms with van der Waals surface area (Å²) in [5, 5.41) is 20.1. The van der Waals surface area contributed by atoms with E-state index in [0.29, 0.717) is 17.7 Å². The van der Waals surface area contributed by atoms with Crippen LogP contribution in [0.4, 0.5) is 5.13 Å². The van der Waals surface area contributed by atoms with Crippen LogP contribution in [0.5, 0.6) is 0 Å². The molecule has 3 aromatic heterocycles. The molecule has 260 valence electrons. The van der Waals surface area contributed by atoms with Gasteiger partial charge in [0.15, 0.2) is 17.0 Å². The van der Waals surface area contributed by atoms with Gasteiger partial charge in [0, 0.05) is 24.4 Å². The second-order valence-corrected chi connectivity index (χ2v) is 14.5. The van der Waals surface area contributed by atoms with Crippen molar-refractivity contribution in [1.82, 2.24) is 34.8 Å². The van der Waals surface area contributed by atoms with E-state index in [1.165, 1.54) is 18.9 Å². The van der Waals surface area contributed by atoms with Gasteiger partial charge in [-0.25, -0.2) is 19.2 Å². The fourth-order valence-electron chi connectivity index (χ4n) is 6.24. The van der Waals surface area contributed by atoms with E-state index < -0.39 is 29.2 Å². The van der Waals surface area contributed by atoms with Gasteiger partial charge in [-0.15, -0.1) is 16.3 Å². The highest BCUT2D eigenvalue weighted by Crippen LogP contribution is 2.40. The number of thiazole rings is 1. The molecule has 0 spiro atoms. The third-order valence-electron chi connectivity index (χ3n) is 8.63. The lowest BCUT2D eigenvalue weighted by atomic mass is 10.0. The van der Waals surface area contributed by atoms with E-state index in [2.05, 4.69) is 20.9 Å². The molecule has 3 amide bonds. The van der Waals surface area contributed by atoms with Crippen LogP contribution in [0.1, 0.15) is 34.5 Å². The van der Waals surface area contributed by atoms with Gasteiger partial charge in [0.2, 0.25) is 0 Å². The lowest BCUT2D eigenvalue weighted by Gasteiger charge is -2.50. The molecule has 19 heteroatoms. The number of carbonyl (C=O) groups excluding carboxylic acids is 4. The van der Waals surface area contributed by atoms with Crippen molar-refractivity contribution in [1.29, 1.82) is 0 Å². The maximum absolute atomic E-state index is 13.3. The quantitative estimate of drug-likeness (QED) is 0.0814. The Morgan fingerprint density at radius 3 is 2.62 bits per heavy atom. The molecule has 2 saturated heterocycles. The number of amides is 3. The third-order valence-corrected chi connectivity index (χ3v) is 11.1. The zero-order valence-electron chi connectivity index (χ0n) is 26.6. The van der Waals surface area contributed by atoms with Gasteiger partial charge in [-0.05, 0) is 36.1 Å². The average molecular weight is 739 g/mol. The van der Waals surface area contributed by atoms with Gasteiger partial charge in [-0.1, -0.05) is 40.2 Å². The number of halogens is 1. The molecular formula is C31H31ClN10O6S2. The summed E-state index contributed by atoms with van der Waals surface area (Å²) in [6.45, 7) is 2.45. The van der Waals surface area contributed by atoms with Gasteiger partial charge < -0.3 is 25.8 Å². The number of fused-ring (bicyclic) bond motifs is 2. The van der Waals surface area contributed by atoms with Crippen LogP contribution in [0.25, 0.3) is 5.65 Å². The van der Waals surface area contributed by atoms with Crippen LogP contribution in [-0.2, 0) is 32.3 Å². The van der Waals surface area contributed by atoms with E-state index in [9.17, 15) is 24.3 Å². The van der Waals surface area contributed by atoms with E-state index in [1.54, 1.807) is 0 Å². The molecular weight excluding hydrogens is 708 g/mol. The largest absolute Gasteiger partial charge is 0.543 e. The van der Waals surface area contributed by atoms with Crippen molar-refractivity contribution in [2.45, 2.75) is 37.3 Å². The summed E-state index contributed by atoms with van der Waals surface area (Å²) in [6.07, 6.45) is 7.78. The monoisotopic (exact) mass is 738 g/mol. The number of carbonyl (C=O) groups is 4. The topological polar surface area (TPSA) is 196 Å². The number of thioether (sulfide) groups is 1. The standard InChI is InChI=1S/C31H31ClN10O6S2/c1-48-37-22(21-25(32)50-31(33)35-21)27(44)34-23-28(45)42-24(30(46)47)19(16-49-29(23)42)15-40-11-8-20-38(12-13-41(20)40)14-17-4-6-18(7-5-17)26(43)36-39-9-2-3-10-39/h4-8,11-13,23,29H,2-3,9-10,14-16H2,1H3,(H4-,33,34,35,36,43,44,46,47)/b37-22-/t23-,29-/m1/s1. The number of nitrogens with two attached hydrogens (primary N) is 1. The molecule has 6 heterocycles. The van der Waals surface area contributed by atoms with Gasteiger partial charge in [-0.2, -0.15) is 0 Å². The van der Waals surface area contributed by atoms with Gasteiger partial charge in [0.25, 0.3) is 17.7 Å². The number of anilines is 1. The van der Waals surface area contributed by atoms with Crippen molar-refractivity contribution in [2.75, 3.05) is 31.7 Å². The molecule has 0 bridgehead atoms. The van der Waals surface area contributed by atoms with Crippen LogP contribution >= 0.6 is 34.7 Å². The number of hydrogen-bond donors (Lipinski definition) is 3. The number of nitrogens with zero attached hydrogens (tertiary/aromatic N) is 7. The van der Waals surface area contributed by atoms with Crippen molar-refractivity contribution in [2.24, 2.45) is 5.16 Å². The van der Waals surface area contributed by atoms with Crippen molar-refractivity contribution in [3.05, 3.63) is 81.3 Å². The first-order chi connectivity index (χ1) is 24.1. The normalized spacial score (nSPS) is 19.4. The number of imidazole rings is 1. The van der Waals surface area contributed by atoms with Crippen LogP contribution in [0, 0.1) is 0 Å². The highest BCUT2D eigenvalue weighted by Gasteiger charge is 2.53. The highest BCUT2D eigenvalue weighted by molar-refractivity contribution is 8.00. The summed E-state index contributed by atoms with van der Waals surface area (Å²) in [5.41, 5.74) is 11.1. The Hall–Kier alpha value is -4.91. The van der Waals surface area contributed by atoms with Gasteiger partial charge in [-0.3, -0.25) is 24.7 Å². The molecule has 0 radical (unpaired) electrons. The molecule has 7 rings (SSSR count). The second kappa shape index (κ2) is 13.8. The SMILES string of the molecule is CO/N=C(\C(=O)N[C@@H]1C(=O)N2C(C(=O)[O-])=C(Cn3ccc4n3cc[n+]4Cc3ccc(C(=O)NN4CCCC4)cc3)CS[C@H]12)c1nc(N)sc1Cl. The summed E-state index contributed by atoms with van der Waals surface area (Å²) in [7, 11) is 1.24. The minimum atomic E-state index is -1.49. The Bertz CT molecular complexity index is 2070. The predicted octanol–water partition coefficient (Wildman–Crippen LogP) is -0.0361. The van der Waals surface area contributed by atoms with Crippen LogP contribution in [0.15, 0.2) is 65.3 Å². The van der Waals surface area contributed by atoms with Gasteiger partial charge in [0.1, 0.15) is 41.3 Å². The molecule has 0 aliphatic carbocycles. The molecule has 16 nitrogen and oxygen atoms in total. The van der Waals surface area contributed by atoms with E-state index in [-0.39, 0.29) is 44.8 Å². The van der Waals surface area contributed by atoms with Gasteiger partial charge in [0.05, 0.1) is 30.5 Å². The van der Waals surface area contributed by atoms with Crippen LogP contribution < -0.4 is 26.1 Å². The number of benzene rings is 1. The Morgan fingerprint density at radius 2 is 1.94 bits per heavy atom. The number of carboxylic acid groups (broad SMARTS) is 1. The minimum Gasteiger partial charge on any atom is -0.543 e. The van der Waals surface area contributed by atoms with Crippen molar-refractivity contribution in [3.63, 3.8) is 0 Å². The van der Waals surface area contributed by atoms with Gasteiger partial charge >= 0.3 is 5.65 Å². The first kappa shape index (κ1) is 33.6. The summed E-state index contributed by atoms with van der Waals surface area (Å²) in [5.74, 6) is -2.73. The van der Waals surface area contributed by atoms with Crippen molar-refractivity contribution in [3.8, 4) is 0 Å². The second-order valence-electron chi connectivity index (χ2n) is 11.8. The lowest BCUT2D eigenvalue weighted by Crippen LogP contribution is -2.71. The fourth-order valence-corrected chi connectivity index (χ4v) is 8.51. The number of carboxylic acids is 1. The first-order valence-electron chi connectivity index (χ1n) is 15.6. The van der Waals surface area contributed by atoms with E-state index in [1.807, 2.05) is 67.7 Å². The Morgan fingerprint density at radius 1 is 1.18 bits per heavy atom. The number of rotatable bonds is 11. The number of nitrogen functional groups attached to an aromatic ring is 1. The number of aromatic nitrogens is 4. The average Bonchev–Trinajstić information content (AvgIpc) is 3.90. The Balaban J connectivity index is 1.04. The molecule has 3 aliphatic rings. The first-order valence-corrected chi connectivity index (χ1v) is 17.8. The maximum atomic E-state index is 13.3. The van der Waals surface area contributed by atoms with Crippen molar-refractivity contribution >= 4 is 74.9 Å². The molecule has 1 aromatic carbocycles. The number of nitrogens with one attached hydrogen (secondary N) is 2. The highest BCUT2D eigenvalue weighted by atomic mass is 35.5. The molecule has 3 aliphatic heterocycles. The smallest absolute Gasteiger partial charge is 0.307 e. The minimum absolute atomic E-state index is 0.00523. The van der Waals surface area contributed by atoms with E-state index >= 15 is 0 Å². The van der Waals surface area contributed by atoms with Crippen molar-refractivity contribution < 1.29 is 33.7 Å². The zero-order valence-corrected chi connectivity index (χ0v) is 29.0. The van der Waals surface area contributed by atoms with Crippen LogP contribution in [0.2, 0.25) is 4.34 Å². The molecule has 2 atom stereocenters. The molecule has 4 N–H and O–H groups in total. The third kappa shape index (κ3) is 6.30.